The van der Waals surface area contributed by atoms with E-state index in [0.29, 0.717) is 22.9 Å². The first-order valence-corrected chi connectivity index (χ1v) is 9.22. The summed E-state index contributed by atoms with van der Waals surface area (Å²) in [5.74, 6) is 0.0261. The minimum absolute atomic E-state index is 0.0184. The Morgan fingerprint density at radius 3 is 2.40 bits per heavy atom. The van der Waals surface area contributed by atoms with Gasteiger partial charge in [-0.1, -0.05) is 47.5 Å². The van der Waals surface area contributed by atoms with E-state index >= 15 is 0 Å². The standard InChI is InChI=1S/C20H22Cl2N2O/c1-13(2)24-19(25)11-10-18(14-4-3-5-17(22)12-14)20(24,23)15-6-8-16(21)9-7-15/h3-9,12-13,18H,10-11,23H2,1-2H3. The van der Waals surface area contributed by atoms with Crippen molar-refractivity contribution in [2.24, 2.45) is 5.73 Å². The topological polar surface area (TPSA) is 46.3 Å². The number of rotatable bonds is 3. The second-order valence-electron chi connectivity index (χ2n) is 6.84. The molecule has 0 aliphatic carbocycles. The highest BCUT2D eigenvalue weighted by Gasteiger charge is 2.49. The number of hydrogen-bond acceptors (Lipinski definition) is 2. The van der Waals surface area contributed by atoms with Gasteiger partial charge in [-0.2, -0.15) is 0 Å². The van der Waals surface area contributed by atoms with Crippen molar-refractivity contribution in [2.45, 2.75) is 44.3 Å². The highest BCUT2D eigenvalue weighted by Crippen LogP contribution is 2.46. The van der Waals surface area contributed by atoms with Gasteiger partial charge in [0.25, 0.3) is 0 Å². The van der Waals surface area contributed by atoms with E-state index < -0.39 is 5.66 Å². The van der Waals surface area contributed by atoms with Crippen molar-refractivity contribution in [1.82, 2.24) is 4.90 Å². The van der Waals surface area contributed by atoms with Crippen LogP contribution in [0.25, 0.3) is 0 Å². The van der Waals surface area contributed by atoms with Crippen LogP contribution in [-0.4, -0.2) is 16.8 Å². The van der Waals surface area contributed by atoms with Crippen LogP contribution in [0.5, 0.6) is 0 Å². The highest BCUT2D eigenvalue weighted by atomic mass is 35.5. The van der Waals surface area contributed by atoms with Crippen LogP contribution in [-0.2, 0) is 10.5 Å². The van der Waals surface area contributed by atoms with Gasteiger partial charge < -0.3 is 10.6 Å². The Labute approximate surface area is 158 Å². The van der Waals surface area contributed by atoms with Crippen molar-refractivity contribution in [3.8, 4) is 0 Å². The molecule has 0 saturated carbocycles. The minimum Gasteiger partial charge on any atom is -0.317 e. The van der Waals surface area contributed by atoms with Crippen molar-refractivity contribution in [2.75, 3.05) is 0 Å². The maximum absolute atomic E-state index is 12.7. The van der Waals surface area contributed by atoms with Crippen molar-refractivity contribution in [3.05, 3.63) is 69.7 Å². The molecule has 1 fully saturated rings. The van der Waals surface area contributed by atoms with Gasteiger partial charge in [-0.25, -0.2) is 0 Å². The van der Waals surface area contributed by atoms with Crippen LogP contribution in [0, 0.1) is 0 Å². The van der Waals surface area contributed by atoms with Gasteiger partial charge in [0.2, 0.25) is 5.91 Å². The van der Waals surface area contributed by atoms with Crippen LogP contribution in [0.2, 0.25) is 10.0 Å². The fraction of sp³-hybridized carbons (Fsp3) is 0.350. The van der Waals surface area contributed by atoms with Gasteiger partial charge in [0.15, 0.2) is 0 Å². The molecule has 2 aromatic carbocycles. The Hall–Kier alpha value is -1.55. The lowest BCUT2D eigenvalue weighted by Gasteiger charge is -2.52. The molecule has 25 heavy (non-hydrogen) atoms. The molecule has 5 heteroatoms. The lowest BCUT2D eigenvalue weighted by atomic mass is 9.74. The number of halogens is 2. The van der Waals surface area contributed by atoms with Crippen molar-refractivity contribution < 1.29 is 4.79 Å². The molecule has 2 atom stereocenters. The van der Waals surface area contributed by atoms with E-state index in [0.717, 1.165) is 11.1 Å². The van der Waals surface area contributed by atoms with Gasteiger partial charge in [0.05, 0.1) is 0 Å². The molecule has 0 aromatic heterocycles. The van der Waals surface area contributed by atoms with Crippen LogP contribution in [0.1, 0.15) is 43.7 Å². The molecule has 2 unspecified atom stereocenters. The average molecular weight is 377 g/mol. The van der Waals surface area contributed by atoms with Gasteiger partial charge in [-0.3, -0.25) is 4.79 Å². The van der Waals surface area contributed by atoms with E-state index in [-0.39, 0.29) is 17.9 Å². The van der Waals surface area contributed by atoms with Gasteiger partial charge in [0, 0.05) is 28.4 Å². The number of nitrogens with two attached hydrogens (primary N) is 1. The first-order chi connectivity index (χ1) is 11.8. The van der Waals surface area contributed by atoms with Crippen LogP contribution < -0.4 is 5.73 Å². The minimum atomic E-state index is -0.946. The summed E-state index contributed by atoms with van der Waals surface area (Å²) in [4.78, 5) is 14.5. The number of amides is 1. The van der Waals surface area contributed by atoms with Crippen LogP contribution in [0.3, 0.4) is 0 Å². The van der Waals surface area contributed by atoms with Crippen molar-refractivity contribution >= 4 is 29.1 Å². The third-order valence-electron chi connectivity index (χ3n) is 4.92. The summed E-state index contributed by atoms with van der Waals surface area (Å²) in [5, 5.41) is 1.31. The van der Waals surface area contributed by atoms with E-state index in [4.69, 9.17) is 28.9 Å². The van der Waals surface area contributed by atoms with E-state index in [1.165, 1.54) is 0 Å². The SMILES string of the molecule is CC(C)N1C(=O)CCC(c2cccc(Cl)c2)C1(N)c1ccc(Cl)cc1. The zero-order chi connectivity index (χ0) is 18.2. The molecule has 2 aromatic rings. The third kappa shape index (κ3) is 3.29. The van der Waals surface area contributed by atoms with E-state index in [2.05, 4.69) is 0 Å². The summed E-state index contributed by atoms with van der Waals surface area (Å²) in [5.41, 5.74) is 7.99. The summed E-state index contributed by atoms with van der Waals surface area (Å²) >= 11 is 12.3. The molecule has 1 aliphatic rings. The number of likely N-dealkylation sites (tertiary alicyclic amines) is 1. The molecular formula is C20H22Cl2N2O. The lowest BCUT2D eigenvalue weighted by molar-refractivity contribution is -0.147. The zero-order valence-corrected chi connectivity index (χ0v) is 15.9. The maximum Gasteiger partial charge on any atom is 0.224 e. The Morgan fingerprint density at radius 2 is 1.80 bits per heavy atom. The Kier molecular flexibility index (Phi) is 5.10. The first-order valence-electron chi connectivity index (χ1n) is 8.46. The Bertz CT molecular complexity index is 776. The second kappa shape index (κ2) is 6.99. The molecule has 1 heterocycles. The number of carbonyl (C=O) groups is 1. The molecule has 1 amide bonds. The number of piperidine rings is 1. The molecule has 132 valence electrons. The number of benzene rings is 2. The molecule has 0 radical (unpaired) electrons. The Morgan fingerprint density at radius 1 is 1.12 bits per heavy atom. The van der Waals surface area contributed by atoms with Gasteiger partial charge in [0.1, 0.15) is 5.66 Å². The monoisotopic (exact) mass is 376 g/mol. The second-order valence-corrected chi connectivity index (χ2v) is 7.71. The zero-order valence-electron chi connectivity index (χ0n) is 14.4. The summed E-state index contributed by atoms with van der Waals surface area (Å²) in [6.07, 6.45) is 1.16. The molecule has 1 saturated heterocycles. The number of carbonyl (C=O) groups excluding carboxylic acids is 1. The largest absolute Gasteiger partial charge is 0.317 e. The normalized spacial score (nSPS) is 24.0. The lowest BCUT2D eigenvalue weighted by Crippen LogP contribution is -2.64. The quantitative estimate of drug-likeness (QED) is 0.825. The smallest absolute Gasteiger partial charge is 0.224 e. The van der Waals surface area contributed by atoms with E-state index in [9.17, 15) is 4.79 Å². The molecule has 2 N–H and O–H groups in total. The molecule has 0 bridgehead atoms. The third-order valence-corrected chi connectivity index (χ3v) is 5.41. The molecule has 1 aliphatic heterocycles. The van der Waals surface area contributed by atoms with Gasteiger partial charge in [-0.05, 0) is 55.7 Å². The van der Waals surface area contributed by atoms with Crippen LogP contribution in [0.15, 0.2) is 48.5 Å². The molecule has 3 rings (SSSR count). The maximum atomic E-state index is 12.7. The number of hydrogen-bond donors (Lipinski definition) is 1. The fourth-order valence-corrected chi connectivity index (χ4v) is 4.22. The molecule has 3 nitrogen and oxygen atoms in total. The Balaban J connectivity index is 2.18. The molecule has 0 spiro atoms. The average Bonchev–Trinajstić information content (AvgIpc) is 2.55. The predicted octanol–water partition coefficient (Wildman–Crippen LogP) is 4.92. The summed E-state index contributed by atoms with van der Waals surface area (Å²) in [6.45, 7) is 3.99. The summed E-state index contributed by atoms with van der Waals surface area (Å²) < 4.78 is 0. The highest BCUT2D eigenvalue weighted by molar-refractivity contribution is 6.30. The van der Waals surface area contributed by atoms with Crippen LogP contribution >= 0.6 is 23.2 Å². The number of nitrogens with zero attached hydrogens (tertiary/aromatic N) is 1. The van der Waals surface area contributed by atoms with Crippen LogP contribution in [0.4, 0.5) is 0 Å². The van der Waals surface area contributed by atoms with Gasteiger partial charge in [-0.15, -0.1) is 0 Å². The van der Waals surface area contributed by atoms with Gasteiger partial charge >= 0.3 is 0 Å². The first kappa shape index (κ1) is 18.2. The van der Waals surface area contributed by atoms with E-state index in [1.54, 1.807) is 0 Å². The summed E-state index contributed by atoms with van der Waals surface area (Å²) in [7, 11) is 0. The summed E-state index contributed by atoms with van der Waals surface area (Å²) in [6, 6.07) is 15.2. The predicted molar refractivity (Wildman–Crippen MR) is 103 cm³/mol. The molecular weight excluding hydrogens is 355 g/mol. The van der Waals surface area contributed by atoms with E-state index in [1.807, 2.05) is 67.3 Å². The van der Waals surface area contributed by atoms with Crippen molar-refractivity contribution in [3.63, 3.8) is 0 Å². The van der Waals surface area contributed by atoms with Crippen molar-refractivity contribution in [1.29, 1.82) is 0 Å². The fourth-order valence-electron chi connectivity index (χ4n) is 3.90.